The zero-order valence-electron chi connectivity index (χ0n) is 11.6. The predicted octanol–water partition coefficient (Wildman–Crippen LogP) is 2.61. The van der Waals surface area contributed by atoms with Crippen molar-refractivity contribution in [1.29, 1.82) is 0 Å². The van der Waals surface area contributed by atoms with Crippen molar-refractivity contribution in [3.8, 4) is 5.69 Å². The summed E-state index contributed by atoms with van der Waals surface area (Å²) < 4.78 is 1.74. The van der Waals surface area contributed by atoms with E-state index in [1.165, 1.54) is 0 Å². The fourth-order valence-electron chi connectivity index (χ4n) is 2.58. The number of carbonyl (C=O) groups is 1. The normalized spacial score (nSPS) is 18.9. The van der Waals surface area contributed by atoms with Gasteiger partial charge in [-0.1, -0.05) is 17.7 Å². The van der Waals surface area contributed by atoms with Gasteiger partial charge in [0.05, 0.1) is 10.7 Å². The highest BCUT2D eigenvalue weighted by Gasteiger charge is 2.19. The molecule has 110 valence electrons. The van der Waals surface area contributed by atoms with Gasteiger partial charge in [0.25, 0.3) is 0 Å². The first-order valence-electron chi connectivity index (χ1n) is 7.06. The second-order valence-corrected chi connectivity index (χ2v) is 5.53. The summed E-state index contributed by atoms with van der Waals surface area (Å²) in [6.07, 6.45) is 5.97. The minimum atomic E-state index is 0.0904. The van der Waals surface area contributed by atoms with E-state index in [1.807, 2.05) is 30.5 Å². The van der Waals surface area contributed by atoms with Gasteiger partial charge in [-0.15, -0.1) is 0 Å². The lowest BCUT2D eigenvalue weighted by molar-refractivity contribution is -0.120. The summed E-state index contributed by atoms with van der Waals surface area (Å²) in [4.78, 5) is 11.7. The average Bonchev–Trinajstić information content (AvgIpc) is 2.89. The number of para-hydroxylation sites is 1. The first-order chi connectivity index (χ1) is 10.2. The predicted molar refractivity (Wildman–Crippen MR) is 82.8 cm³/mol. The minimum Gasteiger partial charge on any atom is -0.380 e. The van der Waals surface area contributed by atoms with E-state index in [0.29, 0.717) is 11.4 Å². The van der Waals surface area contributed by atoms with E-state index in [0.717, 1.165) is 30.8 Å². The van der Waals surface area contributed by atoms with Crippen LogP contribution in [0.25, 0.3) is 5.69 Å². The molecule has 0 aliphatic carbocycles. The van der Waals surface area contributed by atoms with E-state index in [4.69, 9.17) is 11.6 Å². The lowest BCUT2D eigenvalue weighted by Crippen LogP contribution is -2.27. The summed E-state index contributed by atoms with van der Waals surface area (Å²) in [7, 11) is 0. The van der Waals surface area contributed by atoms with Gasteiger partial charge in [0.2, 0.25) is 5.91 Å². The standard InChI is InChI=1S/C15H17ClN4O/c16-12-5-1-6-13(15(12)20-9-3-8-18-20)19-11-4-2-7-17-14(21)10-11/h1,3,5-6,8-9,11,19H,2,4,7,10H2,(H,17,21). The van der Waals surface area contributed by atoms with Crippen molar-refractivity contribution in [3.63, 3.8) is 0 Å². The van der Waals surface area contributed by atoms with Crippen molar-refractivity contribution in [2.24, 2.45) is 0 Å². The number of anilines is 1. The molecule has 1 unspecified atom stereocenters. The van der Waals surface area contributed by atoms with Gasteiger partial charge in [0.15, 0.2) is 0 Å². The molecule has 3 rings (SSSR count). The zero-order chi connectivity index (χ0) is 14.7. The van der Waals surface area contributed by atoms with Crippen LogP contribution >= 0.6 is 11.6 Å². The maximum Gasteiger partial charge on any atom is 0.222 e. The Morgan fingerprint density at radius 2 is 2.29 bits per heavy atom. The largest absolute Gasteiger partial charge is 0.380 e. The summed E-state index contributed by atoms with van der Waals surface area (Å²) in [5.41, 5.74) is 1.71. The monoisotopic (exact) mass is 304 g/mol. The summed E-state index contributed by atoms with van der Waals surface area (Å²) >= 11 is 6.32. The van der Waals surface area contributed by atoms with Crippen LogP contribution in [0, 0.1) is 0 Å². The number of aromatic nitrogens is 2. The molecule has 1 aliphatic heterocycles. The Hall–Kier alpha value is -2.01. The van der Waals surface area contributed by atoms with Crippen LogP contribution in [0.1, 0.15) is 19.3 Å². The lowest BCUT2D eigenvalue weighted by atomic mass is 10.1. The number of amides is 1. The Kier molecular flexibility index (Phi) is 4.10. The second kappa shape index (κ2) is 6.18. The molecule has 21 heavy (non-hydrogen) atoms. The third-order valence-corrected chi connectivity index (χ3v) is 3.87. The molecular weight excluding hydrogens is 288 g/mol. The van der Waals surface area contributed by atoms with Gasteiger partial charge in [-0.25, -0.2) is 4.68 Å². The molecule has 2 aromatic rings. The molecule has 0 spiro atoms. The summed E-state index contributed by atoms with van der Waals surface area (Å²) in [5, 5.41) is 11.2. The molecule has 1 aromatic carbocycles. The topological polar surface area (TPSA) is 59.0 Å². The molecule has 1 saturated heterocycles. The number of hydrogen-bond acceptors (Lipinski definition) is 3. The molecule has 6 heteroatoms. The van der Waals surface area contributed by atoms with Crippen LogP contribution < -0.4 is 10.6 Å². The molecule has 2 heterocycles. The van der Waals surface area contributed by atoms with E-state index in [2.05, 4.69) is 15.7 Å². The molecule has 1 fully saturated rings. The fraction of sp³-hybridized carbons (Fsp3) is 0.333. The Balaban J connectivity index is 1.88. The third kappa shape index (κ3) is 3.19. The number of hydrogen-bond donors (Lipinski definition) is 2. The van der Waals surface area contributed by atoms with Gasteiger partial charge < -0.3 is 10.6 Å². The van der Waals surface area contributed by atoms with E-state index in [1.54, 1.807) is 10.9 Å². The highest BCUT2D eigenvalue weighted by Crippen LogP contribution is 2.29. The molecular formula is C15H17ClN4O. The molecule has 2 N–H and O–H groups in total. The van der Waals surface area contributed by atoms with Gasteiger partial charge in [0.1, 0.15) is 5.69 Å². The molecule has 5 nitrogen and oxygen atoms in total. The van der Waals surface area contributed by atoms with Crippen molar-refractivity contribution >= 4 is 23.2 Å². The van der Waals surface area contributed by atoms with Gasteiger partial charge in [-0.3, -0.25) is 4.79 Å². The van der Waals surface area contributed by atoms with Crippen molar-refractivity contribution < 1.29 is 4.79 Å². The van der Waals surface area contributed by atoms with Crippen molar-refractivity contribution in [2.45, 2.75) is 25.3 Å². The van der Waals surface area contributed by atoms with Crippen LogP contribution in [0.2, 0.25) is 5.02 Å². The highest BCUT2D eigenvalue weighted by molar-refractivity contribution is 6.33. The minimum absolute atomic E-state index is 0.0904. The maximum atomic E-state index is 11.7. The molecule has 1 atom stereocenters. The van der Waals surface area contributed by atoms with Gasteiger partial charge in [-0.2, -0.15) is 5.10 Å². The van der Waals surface area contributed by atoms with Crippen LogP contribution in [-0.4, -0.2) is 28.3 Å². The Labute approximate surface area is 128 Å². The quantitative estimate of drug-likeness (QED) is 0.916. The number of nitrogens with one attached hydrogen (secondary N) is 2. The van der Waals surface area contributed by atoms with Gasteiger partial charge in [0, 0.05) is 31.4 Å². The lowest BCUT2D eigenvalue weighted by Gasteiger charge is -2.20. The molecule has 0 radical (unpaired) electrons. The molecule has 0 bridgehead atoms. The fourth-order valence-corrected chi connectivity index (χ4v) is 2.84. The number of rotatable bonds is 3. The summed E-state index contributed by atoms with van der Waals surface area (Å²) in [5.74, 6) is 0.0904. The first-order valence-corrected chi connectivity index (χ1v) is 7.43. The van der Waals surface area contributed by atoms with Crippen molar-refractivity contribution in [3.05, 3.63) is 41.7 Å². The molecule has 1 amide bonds. The van der Waals surface area contributed by atoms with Crippen LogP contribution in [0.15, 0.2) is 36.7 Å². The van der Waals surface area contributed by atoms with Gasteiger partial charge >= 0.3 is 0 Å². The summed E-state index contributed by atoms with van der Waals surface area (Å²) in [6.45, 7) is 0.749. The Morgan fingerprint density at radius 1 is 1.38 bits per heavy atom. The van der Waals surface area contributed by atoms with E-state index < -0.39 is 0 Å². The Bertz CT molecular complexity index is 627. The summed E-state index contributed by atoms with van der Waals surface area (Å²) in [6, 6.07) is 7.66. The first kappa shape index (κ1) is 13.9. The van der Waals surface area contributed by atoms with E-state index in [-0.39, 0.29) is 11.9 Å². The third-order valence-electron chi connectivity index (χ3n) is 3.56. The van der Waals surface area contributed by atoms with E-state index >= 15 is 0 Å². The number of halogens is 1. The van der Waals surface area contributed by atoms with Crippen molar-refractivity contribution in [1.82, 2.24) is 15.1 Å². The SMILES string of the molecule is O=C1CC(Nc2cccc(Cl)c2-n2cccn2)CCCN1. The second-order valence-electron chi connectivity index (χ2n) is 5.12. The van der Waals surface area contributed by atoms with Crippen LogP contribution in [0.3, 0.4) is 0 Å². The van der Waals surface area contributed by atoms with Crippen LogP contribution in [-0.2, 0) is 4.79 Å². The number of benzene rings is 1. The van der Waals surface area contributed by atoms with Gasteiger partial charge in [-0.05, 0) is 31.0 Å². The zero-order valence-corrected chi connectivity index (χ0v) is 12.3. The number of carbonyl (C=O) groups excluding carboxylic acids is 1. The molecule has 1 aliphatic rings. The molecule has 0 saturated carbocycles. The van der Waals surface area contributed by atoms with Crippen LogP contribution in [0.4, 0.5) is 5.69 Å². The van der Waals surface area contributed by atoms with Crippen molar-refractivity contribution in [2.75, 3.05) is 11.9 Å². The molecule has 1 aromatic heterocycles. The highest BCUT2D eigenvalue weighted by atomic mass is 35.5. The van der Waals surface area contributed by atoms with Crippen LogP contribution in [0.5, 0.6) is 0 Å². The average molecular weight is 305 g/mol. The smallest absolute Gasteiger partial charge is 0.222 e. The Morgan fingerprint density at radius 3 is 3.10 bits per heavy atom. The van der Waals surface area contributed by atoms with E-state index in [9.17, 15) is 4.79 Å². The number of nitrogens with zero attached hydrogens (tertiary/aromatic N) is 2. The maximum absolute atomic E-state index is 11.7.